The highest BCUT2D eigenvalue weighted by atomic mass is 35.5. The quantitative estimate of drug-likeness (QED) is 0.864. The molecule has 1 aromatic carbocycles. The van der Waals surface area contributed by atoms with Crippen LogP contribution in [0.15, 0.2) is 42.6 Å². The third kappa shape index (κ3) is 3.93. The maximum Gasteiger partial charge on any atom is 0.141 e. The van der Waals surface area contributed by atoms with Crippen LogP contribution in [0, 0.1) is 5.82 Å². The van der Waals surface area contributed by atoms with E-state index in [1.165, 1.54) is 12.3 Å². The number of hydrogen-bond acceptors (Lipinski definition) is 3. The minimum Gasteiger partial charge on any atom is -0.489 e. The molecule has 5 heteroatoms. The zero-order valence-electron chi connectivity index (χ0n) is 11.5. The molecule has 1 atom stereocenters. The van der Waals surface area contributed by atoms with Gasteiger partial charge in [-0.2, -0.15) is 0 Å². The standard InChI is InChI=1S/C16H16ClFN2O/c17-12-2-1-3-15(8-12)21-16-6-7-20(11-16)10-14-5-4-13(18)9-19-14/h1-5,8-9,16H,6-7,10-11H2/t16-/m1/s1. The van der Waals surface area contributed by atoms with E-state index < -0.39 is 0 Å². The third-order valence-electron chi connectivity index (χ3n) is 3.50. The molecule has 3 nitrogen and oxygen atoms in total. The maximum atomic E-state index is 12.8. The van der Waals surface area contributed by atoms with Crippen LogP contribution in [0.25, 0.3) is 0 Å². The van der Waals surface area contributed by atoms with Crippen LogP contribution in [-0.2, 0) is 6.54 Å². The molecule has 110 valence electrons. The molecule has 0 bridgehead atoms. The first-order chi connectivity index (χ1) is 10.2. The summed E-state index contributed by atoms with van der Waals surface area (Å²) in [5.41, 5.74) is 0.875. The topological polar surface area (TPSA) is 25.4 Å². The van der Waals surface area contributed by atoms with Gasteiger partial charge < -0.3 is 4.74 Å². The van der Waals surface area contributed by atoms with Gasteiger partial charge in [0, 0.05) is 24.7 Å². The zero-order chi connectivity index (χ0) is 14.7. The number of aromatic nitrogens is 1. The molecule has 1 aliphatic rings. The van der Waals surface area contributed by atoms with Crippen molar-refractivity contribution in [1.29, 1.82) is 0 Å². The molecule has 0 spiro atoms. The van der Waals surface area contributed by atoms with Gasteiger partial charge in [0.05, 0.1) is 11.9 Å². The maximum absolute atomic E-state index is 12.8. The predicted octanol–water partition coefficient (Wildman–Crippen LogP) is 3.53. The molecule has 2 aromatic rings. The molecular weight excluding hydrogens is 291 g/mol. The van der Waals surface area contributed by atoms with Crippen LogP contribution in [-0.4, -0.2) is 29.1 Å². The molecule has 0 unspecified atom stereocenters. The van der Waals surface area contributed by atoms with Gasteiger partial charge in [-0.3, -0.25) is 9.88 Å². The van der Waals surface area contributed by atoms with Crippen LogP contribution in [0.1, 0.15) is 12.1 Å². The molecule has 1 saturated heterocycles. The number of halogens is 2. The van der Waals surface area contributed by atoms with E-state index in [0.717, 1.165) is 37.5 Å². The van der Waals surface area contributed by atoms with E-state index in [0.29, 0.717) is 5.02 Å². The monoisotopic (exact) mass is 306 g/mol. The lowest BCUT2D eigenvalue weighted by Crippen LogP contribution is -2.24. The molecular formula is C16H16ClFN2O. The Hall–Kier alpha value is -1.65. The first-order valence-corrected chi connectivity index (χ1v) is 7.32. The summed E-state index contributed by atoms with van der Waals surface area (Å²) in [5.74, 6) is 0.497. The Morgan fingerprint density at radius 3 is 3.00 bits per heavy atom. The SMILES string of the molecule is Fc1ccc(CN2CC[C@@H](Oc3cccc(Cl)c3)C2)nc1. The van der Waals surface area contributed by atoms with E-state index in [4.69, 9.17) is 16.3 Å². The Labute approximate surface area is 128 Å². The van der Waals surface area contributed by atoms with Gasteiger partial charge in [0.25, 0.3) is 0 Å². The number of ether oxygens (including phenoxy) is 1. The van der Waals surface area contributed by atoms with Gasteiger partial charge in [0.1, 0.15) is 17.7 Å². The Balaban J connectivity index is 1.54. The summed E-state index contributed by atoms with van der Waals surface area (Å²) in [4.78, 5) is 6.35. The first kappa shape index (κ1) is 14.3. The van der Waals surface area contributed by atoms with E-state index in [-0.39, 0.29) is 11.9 Å². The molecule has 3 rings (SSSR count). The van der Waals surface area contributed by atoms with Crippen molar-refractivity contribution < 1.29 is 9.13 Å². The van der Waals surface area contributed by atoms with Crippen LogP contribution in [0.5, 0.6) is 5.75 Å². The lowest BCUT2D eigenvalue weighted by molar-refractivity contribution is 0.198. The van der Waals surface area contributed by atoms with Crippen molar-refractivity contribution in [3.8, 4) is 5.75 Å². The van der Waals surface area contributed by atoms with Crippen molar-refractivity contribution in [3.63, 3.8) is 0 Å². The van der Waals surface area contributed by atoms with Gasteiger partial charge >= 0.3 is 0 Å². The molecule has 0 aliphatic carbocycles. The summed E-state index contributed by atoms with van der Waals surface area (Å²) in [6.45, 7) is 2.51. The third-order valence-corrected chi connectivity index (χ3v) is 3.74. The van der Waals surface area contributed by atoms with Crippen LogP contribution in [0.3, 0.4) is 0 Å². The van der Waals surface area contributed by atoms with E-state index in [9.17, 15) is 4.39 Å². The van der Waals surface area contributed by atoms with Gasteiger partial charge in [-0.1, -0.05) is 17.7 Å². The molecule has 1 aromatic heterocycles. The lowest BCUT2D eigenvalue weighted by Gasteiger charge is -2.16. The molecule has 1 fully saturated rings. The van der Waals surface area contributed by atoms with Gasteiger partial charge in [0.15, 0.2) is 0 Å². The summed E-state index contributed by atoms with van der Waals surface area (Å²) in [7, 11) is 0. The number of likely N-dealkylation sites (tertiary alicyclic amines) is 1. The Bertz CT molecular complexity index is 605. The fourth-order valence-electron chi connectivity index (χ4n) is 2.50. The van der Waals surface area contributed by atoms with Crippen LogP contribution in [0.4, 0.5) is 4.39 Å². The highest BCUT2D eigenvalue weighted by Gasteiger charge is 2.24. The van der Waals surface area contributed by atoms with Gasteiger partial charge in [-0.15, -0.1) is 0 Å². The minimum absolute atomic E-state index is 0.156. The second kappa shape index (κ2) is 6.41. The Kier molecular flexibility index (Phi) is 4.36. The Morgan fingerprint density at radius 1 is 1.33 bits per heavy atom. The predicted molar refractivity (Wildman–Crippen MR) is 80.0 cm³/mol. The highest BCUT2D eigenvalue weighted by Crippen LogP contribution is 2.22. The van der Waals surface area contributed by atoms with E-state index in [2.05, 4.69) is 9.88 Å². The lowest BCUT2D eigenvalue weighted by atomic mass is 10.3. The molecule has 0 amide bonds. The van der Waals surface area contributed by atoms with Crippen molar-refractivity contribution in [2.45, 2.75) is 19.1 Å². The normalized spacial score (nSPS) is 18.9. The van der Waals surface area contributed by atoms with Crippen molar-refractivity contribution in [2.75, 3.05) is 13.1 Å². The average molecular weight is 307 g/mol. The molecule has 0 N–H and O–H groups in total. The summed E-state index contributed by atoms with van der Waals surface area (Å²) >= 11 is 5.95. The summed E-state index contributed by atoms with van der Waals surface area (Å²) in [5, 5.41) is 0.679. The number of rotatable bonds is 4. The van der Waals surface area contributed by atoms with Crippen LogP contribution >= 0.6 is 11.6 Å². The summed E-state index contributed by atoms with van der Waals surface area (Å²) in [6, 6.07) is 10.6. The van der Waals surface area contributed by atoms with Gasteiger partial charge in [0.2, 0.25) is 0 Å². The van der Waals surface area contributed by atoms with Gasteiger partial charge in [-0.05, 0) is 36.8 Å². The number of pyridine rings is 1. The minimum atomic E-state index is -0.303. The van der Waals surface area contributed by atoms with Crippen molar-refractivity contribution in [3.05, 3.63) is 59.1 Å². The molecule has 21 heavy (non-hydrogen) atoms. The van der Waals surface area contributed by atoms with Gasteiger partial charge in [-0.25, -0.2) is 4.39 Å². The second-order valence-electron chi connectivity index (χ2n) is 5.19. The number of benzene rings is 1. The average Bonchev–Trinajstić information content (AvgIpc) is 2.89. The summed E-state index contributed by atoms with van der Waals surface area (Å²) < 4.78 is 18.8. The molecule has 0 saturated carbocycles. The first-order valence-electron chi connectivity index (χ1n) is 6.94. The van der Waals surface area contributed by atoms with Crippen molar-refractivity contribution in [1.82, 2.24) is 9.88 Å². The fraction of sp³-hybridized carbons (Fsp3) is 0.312. The van der Waals surface area contributed by atoms with E-state index in [1.54, 1.807) is 6.07 Å². The molecule has 0 radical (unpaired) electrons. The largest absolute Gasteiger partial charge is 0.489 e. The van der Waals surface area contributed by atoms with Crippen LogP contribution < -0.4 is 4.74 Å². The summed E-state index contributed by atoms with van der Waals surface area (Å²) in [6.07, 6.45) is 2.38. The van der Waals surface area contributed by atoms with Crippen molar-refractivity contribution in [2.24, 2.45) is 0 Å². The zero-order valence-corrected chi connectivity index (χ0v) is 12.3. The molecule has 2 heterocycles. The highest BCUT2D eigenvalue weighted by molar-refractivity contribution is 6.30. The number of nitrogens with zero attached hydrogens (tertiary/aromatic N) is 2. The van der Waals surface area contributed by atoms with E-state index >= 15 is 0 Å². The Morgan fingerprint density at radius 2 is 2.24 bits per heavy atom. The smallest absolute Gasteiger partial charge is 0.141 e. The van der Waals surface area contributed by atoms with Crippen molar-refractivity contribution >= 4 is 11.6 Å². The number of hydrogen-bond donors (Lipinski definition) is 0. The van der Waals surface area contributed by atoms with E-state index in [1.807, 2.05) is 24.3 Å². The van der Waals surface area contributed by atoms with Crippen LogP contribution in [0.2, 0.25) is 5.02 Å². The fourth-order valence-corrected chi connectivity index (χ4v) is 2.68. The second-order valence-corrected chi connectivity index (χ2v) is 5.63. The molecule has 1 aliphatic heterocycles.